The molecule has 0 aliphatic carbocycles. The summed E-state index contributed by atoms with van der Waals surface area (Å²) < 4.78 is 0. The van der Waals surface area contributed by atoms with E-state index in [0.717, 1.165) is 0 Å². The van der Waals surface area contributed by atoms with E-state index in [1.54, 1.807) is 0 Å². The first-order valence-corrected chi connectivity index (χ1v) is 0. The van der Waals surface area contributed by atoms with E-state index in [4.69, 9.17) is 0 Å². The topological polar surface area (TPSA) is 189 Å². The normalized spacial score (nSPS) is 0. The van der Waals surface area contributed by atoms with Gasteiger partial charge in [-0.3, -0.25) is 0 Å². The average molecular weight is 647 g/mol. The molecular formula is H17Cl3ErO6SrYb. The van der Waals surface area contributed by atoms with Crippen LogP contribution in [0.1, 0.15) is 2.85 Å². The second kappa shape index (κ2) is 148. The molecule has 0 saturated carbocycles. The Kier molecular flexibility index (Phi) is 2200. The Hall–Kier alpha value is 4.88. The summed E-state index contributed by atoms with van der Waals surface area (Å²) in [5.74, 6) is 0. The average Bonchev–Trinajstić information content (AvgIpc) is 0. The molecule has 0 radical (unpaired) electrons. The molecule has 0 bridgehead atoms. The SMILES string of the molecule is Cl.Cl.Cl.O.O.O.O.O.O.[Er].[H-].[H-].[Sr+2].[Yb]. The molecule has 0 aromatic heterocycles. The Balaban J connectivity index is 0. The van der Waals surface area contributed by atoms with Crippen LogP contribution in [-0.4, -0.2) is 78.3 Å². The van der Waals surface area contributed by atoms with Gasteiger partial charge in [0.05, 0.1) is 0 Å². The largest absolute Gasteiger partial charge is 2.00 e. The van der Waals surface area contributed by atoms with Crippen molar-refractivity contribution >= 4 is 82.7 Å². The van der Waals surface area contributed by atoms with E-state index in [1.165, 1.54) is 0 Å². The molecule has 0 rings (SSSR count). The molecule has 0 unspecified atom stereocenters. The zero-order valence-electron chi connectivity index (χ0n) is 7.49. The van der Waals surface area contributed by atoms with Gasteiger partial charge >= 0.3 is 45.5 Å². The summed E-state index contributed by atoms with van der Waals surface area (Å²) >= 11 is 0. The second-order valence-corrected chi connectivity index (χ2v) is 0. The molecule has 12 heavy (non-hydrogen) atoms. The Morgan fingerprint density at radius 3 is 0.500 bits per heavy atom. The molecule has 0 spiro atoms. The molecule has 6 nitrogen and oxygen atoms in total. The summed E-state index contributed by atoms with van der Waals surface area (Å²) in [4.78, 5) is 0. The molecule has 0 heterocycles. The van der Waals surface area contributed by atoms with Crippen molar-refractivity contribution in [1.29, 1.82) is 0 Å². The van der Waals surface area contributed by atoms with Crippen LogP contribution in [0, 0.1) is 84.2 Å². The van der Waals surface area contributed by atoms with Gasteiger partial charge in [0.25, 0.3) is 0 Å². The maximum absolute atomic E-state index is 0. The molecule has 0 fully saturated rings. The van der Waals surface area contributed by atoms with E-state index in [1.807, 2.05) is 0 Å². The van der Waals surface area contributed by atoms with Gasteiger partial charge in [0.15, 0.2) is 0 Å². The summed E-state index contributed by atoms with van der Waals surface area (Å²) in [6.07, 6.45) is 0. The molecule has 12 N–H and O–H groups in total. The van der Waals surface area contributed by atoms with Gasteiger partial charge in [0.1, 0.15) is 0 Å². The fourth-order valence-electron chi connectivity index (χ4n) is 0. The number of hydrogen-bond donors (Lipinski definition) is 0. The minimum atomic E-state index is 0. The van der Waals surface area contributed by atoms with Crippen molar-refractivity contribution < 1.29 is 120 Å². The molecule has 0 amide bonds. The minimum Gasteiger partial charge on any atom is -1.00 e. The predicted octanol–water partition coefficient (Wildman–Crippen LogP) is -3.84. The molecule has 0 aliphatic heterocycles. The van der Waals surface area contributed by atoms with Gasteiger partial charge in [-0.05, 0) is 0 Å². The van der Waals surface area contributed by atoms with Crippen molar-refractivity contribution in [1.82, 2.24) is 0 Å². The predicted molar refractivity (Wildman–Crippen MR) is 51.4 cm³/mol. The first-order chi connectivity index (χ1) is 0. The Labute approximate surface area is 198 Å². The fourth-order valence-corrected chi connectivity index (χ4v) is 0. The number of rotatable bonds is 0. The maximum Gasteiger partial charge on any atom is 2.00 e. The van der Waals surface area contributed by atoms with E-state index >= 15 is 0 Å². The summed E-state index contributed by atoms with van der Waals surface area (Å²) in [7, 11) is 0. The van der Waals surface area contributed by atoms with E-state index in [0.29, 0.717) is 0 Å². The van der Waals surface area contributed by atoms with Crippen LogP contribution in [0.3, 0.4) is 0 Å². The molecule has 0 aromatic rings. The molecule has 0 aliphatic rings. The first-order valence-electron chi connectivity index (χ1n) is 0. The fraction of sp³-hybridized carbons (Fsp3) is 0. The molecule has 12 heteroatoms. The molecule has 0 aromatic carbocycles. The first kappa shape index (κ1) is 179. The molecule has 102 valence electrons. The monoisotopic (exact) mass is 646 g/mol. The third kappa shape index (κ3) is 120. The molecule has 0 atom stereocenters. The summed E-state index contributed by atoms with van der Waals surface area (Å²) in [5.41, 5.74) is 0. The van der Waals surface area contributed by atoms with Crippen LogP contribution in [0.4, 0.5) is 0 Å². The van der Waals surface area contributed by atoms with Crippen molar-refractivity contribution in [2.45, 2.75) is 0 Å². The van der Waals surface area contributed by atoms with E-state index in [2.05, 4.69) is 0 Å². The van der Waals surface area contributed by atoms with Gasteiger partial charge < -0.3 is 35.7 Å². The van der Waals surface area contributed by atoms with Gasteiger partial charge in [-0.15, -0.1) is 37.2 Å². The third-order valence-corrected chi connectivity index (χ3v) is 0. The van der Waals surface area contributed by atoms with Crippen LogP contribution in [0.5, 0.6) is 0 Å². The van der Waals surface area contributed by atoms with Gasteiger partial charge in [-0.1, -0.05) is 0 Å². The van der Waals surface area contributed by atoms with Crippen molar-refractivity contribution in [2.24, 2.45) is 0 Å². The second-order valence-electron chi connectivity index (χ2n) is 0. The number of halogens is 3. The molecular weight excluding hydrogens is 630 g/mol. The van der Waals surface area contributed by atoms with Gasteiger partial charge in [-0.25, -0.2) is 0 Å². The number of hydrogen-bond acceptors (Lipinski definition) is 0. The van der Waals surface area contributed by atoms with Crippen LogP contribution in [-0.2, 0) is 0 Å². The van der Waals surface area contributed by atoms with Crippen molar-refractivity contribution in [3.8, 4) is 0 Å². The summed E-state index contributed by atoms with van der Waals surface area (Å²) in [6.45, 7) is 0. The van der Waals surface area contributed by atoms with Crippen LogP contribution in [0.15, 0.2) is 0 Å². The Morgan fingerprint density at radius 2 is 0.500 bits per heavy atom. The standard InChI is InChI=1S/3ClH.Er.6H2O.Sr.Yb.2H/h3*1H;;6*1H2;;;;/q;;;;;;;;;;+2;;2*-1. The van der Waals surface area contributed by atoms with Crippen LogP contribution >= 0.6 is 37.2 Å². The van der Waals surface area contributed by atoms with Gasteiger partial charge in [-0.2, -0.15) is 0 Å². The van der Waals surface area contributed by atoms with Gasteiger partial charge in [0.2, 0.25) is 0 Å². The Morgan fingerprint density at radius 1 is 0.500 bits per heavy atom. The smallest absolute Gasteiger partial charge is 1.00 e. The zero-order valence-corrected chi connectivity index (χ0v) is 15.0. The van der Waals surface area contributed by atoms with Crippen molar-refractivity contribution in [3.05, 3.63) is 0 Å². The quantitative estimate of drug-likeness (QED) is 0.233. The van der Waals surface area contributed by atoms with E-state index in [9.17, 15) is 0 Å². The van der Waals surface area contributed by atoms with Gasteiger partial charge in [0, 0.05) is 84.2 Å². The van der Waals surface area contributed by atoms with Crippen LogP contribution < -0.4 is 0 Å². The van der Waals surface area contributed by atoms with Crippen molar-refractivity contribution in [3.63, 3.8) is 0 Å². The minimum absolute atomic E-state index is 0. The summed E-state index contributed by atoms with van der Waals surface area (Å²) in [5, 5.41) is 0. The maximum atomic E-state index is 0. The van der Waals surface area contributed by atoms with E-state index < -0.39 is 0 Å². The van der Waals surface area contributed by atoms with Crippen LogP contribution in [0.25, 0.3) is 0 Å². The van der Waals surface area contributed by atoms with Crippen molar-refractivity contribution in [2.75, 3.05) is 0 Å². The summed E-state index contributed by atoms with van der Waals surface area (Å²) in [6, 6.07) is 0. The third-order valence-electron chi connectivity index (χ3n) is 0. The van der Waals surface area contributed by atoms with Crippen LogP contribution in [0.2, 0.25) is 0 Å². The molecule has 0 saturated heterocycles. The van der Waals surface area contributed by atoms with E-state index in [-0.39, 0.29) is 203 Å². The Bertz CT molecular complexity index is 31.0. The zero-order chi connectivity index (χ0) is 0.